The Balaban J connectivity index is 1.79. The third-order valence-electron chi connectivity index (χ3n) is 3.76. The highest BCUT2D eigenvalue weighted by molar-refractivity contribution is 6.33. The second-order valence-electron chi connectivity index (χ2n) is 5.88. The van der Waals surface area contributed by atoms with Crippen molar-refractivity contribution in [3.05, 3.63) is 76.7 Å². The molecule has 0 fully saturated rings. The number of nitrogens with one attached hydrogen (secondary N) is 2. The lowest BCUT2D eigenvalue weighted by Crippen LogP contribution is -2.15. The number of carbonyl (C=O) groups is 2. The van der Waals surface area contributed by atoms with Crippen molar-refractivity contribution >= 4 is 40.5 Å². The maximum Gasteiger partial charge on any atom is 0.274 e. The number of benzene rings is 2. The number of hydrogen-bond donors (Lipinski definition) is 2. The van der Waals surface area contributed by atoms with Crippen molar-refractivity contribution in [1.82, 2.24) is 9.97 Å². The van der Waals surface area contributed by atoms with Crippen LogP contribution in [0.25, 0.3) is 0 Å². The molecule has 3 rings (SSSR count). The fourth-order valence-electron chi connectivity index (χ4n) is 2.43. The second kappa shape index (κ2) is 7.97. The summed E-state index contributed by atoms with van der Waals surface area (Å²) in [5.74, 6) is 0.504. The normalized spacial score (nSPS) is 10.3. The van der Waals surface area contributed by atoms with Gasteiger partial charge in [0.2, 0.25) is 0 Å². The third-order valence-corrected chi connectivity index (χ3v) is 4.09. The van der Waals surface area contributed by atoms with Crippen molar-refractivity contribution in [1.29, 1.82) is 0 Å². The molecule has 0 bridgehead atoms. The van der Waals surface area contributed by atoms with Gasteiger partial charge in [-0.2, -0.15) is 0 Å². The molecular weight excluding hydrogens is 364 g/mol. The Morgan fingerprint density at radius 2 is 1.70 bits per heavy atom. The Morgan fingerprint density at radius 1 is 1.00 bits per heavy atom. The van der Waals surface area contributed by atoms with Gasteiger partial charge in [-0.3, -0.25) is 9.59 Å². The molecule has 0 aliphatic carbocycles. The summed E-state index contributed by atoms with van der Waals surface area (Å²) in [6, 6.07) is 15.5. The van der Waals surface area contributed by atoms with Gasteiger partial charge in [-0.05, 0) is 50.2 Å². The first kappa shape index (κ1) is 18.5. The minimum Gasteiger partial charge on any atom is -0.339 e. The van der Waals surface area contributed by atoms with Crippen molar-refractivity contribution in [2.24, 2.45) is 0 Å². The number of aromatic nitrogens is 2. The van der Waals surface area contributed by atoms with Gasteiger partial charge in [0, 0.05) is 17.3 Å². The average molecular weight is 381 g/mol. The monoisotopic (exact) mass is 380 g/mol. The van der Waals surface area contributed by atoms with E-state index in [-0.39, 0.29) is 17.4 Å². The highest BCUT2D eigenvalue weighted by atomic mass is 35.5. The standard InChI is InChI=1S/C20H17ClN4O2/c1-12(26)14-7-9-15(10-8-14)24-20(27)18-11-19(23-13(2)22-18)25-17-6-4-3-5-16(17)21/h3-11H,1-2H3,(H,24,27)(H,22,23,25). The number of rotatable bonds is 5. The summed E-state index contributed by atoms with van der Waals surface area (Å²) in [6.45, 7) is 3.20. The van der Waals surface area contributed by atoms with Crippen LogP contribution in [0.5, 0.6) is 0 Å². The van der Waals surface area contributed by atoms with Crippen LogP contribution in [-0.2, 0) is 0 Å². The number of Topliss-reactive ketones (excluding diaryl/α,β-unsaturated/α-hetero) is 1. The third kappa shape index (κ3) is 4.68. The van der Waals surface area contributed by atoms with Gasteiger partial charge in [0.15, 0.2) is 5.78 Å². The first-order valence-electron chi connectivity index (χ1n) is 8.22. The van der Waals surface area contributed by atoms with Crippen LogP contribution in [-0.4, -0.2) is 21.7 Å². The molecule has 0 radical (unpaired) electrons. The van der Waals surface area contributed by atoms with Crippen molar-refractivity contribution < 1.29 is 9.59 Å². The zero-order valence-electron chi connectivity index (χ0n) is 14.8. The van der Waals surface area contributed by atoms with E-state index in [4.69, 9.17) is 11.6 Å². The molecular formula is C20H17ClN4O2. The predicted molar refractivity (Wildman–Crippen MR) is 106 cm³/mol. The van der Waals surface area contributed by atoms with E-state index in [1.807, 2.05) is 18.2 Å². The largest absolute Gasteiger partial charge is 0.339 e. The van der Waals surface area contributed by atoms with Gasteiger partial charge in [-0.1, -0.05) is 23.7 Å². The SMILES string of the molecule is CC(=O)c1ccc(NC(=O)c2cc(Nc3ccccc3Cl)nc(C)n2)cc1. The summed E-state index contributed by atoms with van der Waals surface area (Å²) in [6.07, 6.45) is 0. The van der Waals surface area contributed by atoms with Crippen LogP contribution >= 0.6 is 11.6 Å². The molecule has 0 saturated carbocycles. The molecule has 2 N–H and O–H groups in total. The van der Waals surface area contributed by atoms with E-state index in [2.05, 4.69) is 20.6 Å². The van der Waals surface area contributed by atoms with Crippen LogP contribution in [0.2, 0.25) is 5.02 Å². The van der Waals surface area contributed by atoms with Crippen LogP contribution in [0, 0.1) is 6.92 Å². The molecule has 0 unspecified atom stereocenters. The highest BCUT2D eigenvalue weighted by Crippen LogP contribution is 2.24. The number of anilines is 3. The molecule has 0 saturated heterocycles. The number of hydrogen-bond acceptors (Lipinski definition) is 5. The smallest absolute Gasteiger partial charge is 0.274 e. The van der Waals surface area contributed by atoms with Crippen LogP contribution in [0.3, 0.4) is 0 Å². The Kier molecular flexibility index (Phi) is 5.47. The van der Waals surface area contributed by atoms with E-state index in [0.29, 0.717) is 33.6 Å². The van der Waals surface area contributed by atoms with E-state index in [9.17, 15) is 9.59 Å². The highest BCUT2D eigenvalue weighted by Gasteiger charge is 2.12. The van der Waals surface area contributed by atoms with E-state index in [0.717, 1.165) is 0 Å². The molecule has 7 heteroatoms. The van der Waals surface area contributed by atoms with Crippen LogP contribution in [0.4, 0.5) is 17.2 Å². The number of aryl methyl sites for hydroxylation is 1. The van der Waals surface area contributed by atoms with Gasteiger partial charge in [0.05, 0.1) is 10.7 Å². The second-order valence-corrected chi connectivity index (χ2v) is 6.29. The first-order chi connectivity index (χ1) is 12.9. The summed E-state index contributed by atoms with van der Waals surface area (Å²) in [5.41, 5.74) is 2.05. The van der Waals surface area contributed by atoms with Crippen molar-refractivity contribution in [3.8, 4) is 0 Å². The number of amides is 1. The van der Waals surface area contributed by atoms with E-state index < -0.39 is 0 Å². The average Bonchev–Trinajstić information content (AvgIpc) is 2.63. The molecule has 0 atom stereocenters. The number of carbonyl (C=O) groups excluding carboxylic acids is 2. The number of para-hydroxylation sites is 1. The molecule has 0 spiro atoms. The van der Waals surface area contributed by atoms with Crippen LogP contribution in [0.15, 0.2) is 54.6 Å². The van der Waals surface area contributed by atoms with Gasteiger partial charge >= 0.3 is 0 Å². The van der Waals surface area contributed by atoms with Crippen molar-refractivity contribution in [2.45, 2.75) is 13.8 Å². The van der Waals surface area contributed by atoms with E-state index >= 15 is 0 Å². The first-order valence-corrected chi connectivity index (χ1v) is 8.60. The van der Waals surface area contributed by atoms with Gasteiger partial charge in [-0.15, -0.1) is 0 Å². The lowest BCUT2D eigenvalue weighted by atomic mass is 10.1. The topological polar surface area (TPSA) is 84.0 Å². The molecule has 136 valence electrons. The van der Waals surface area contributed by atoms with Gasteiger partial charge in [-0.25, -0.2) is 9.97 Å². The summed E-state index contributed by atoms with van der Waals surface area (Å²) in [5, 5.41) is 6.40. The summed E-state index contributed by atoms with van der Waals surface area (Å²) < 4.78 is 0. The van der Waals surface area contributed by atoms with Crippen LogP contribution < -0.4 is 10.6 Å². The van der Waals surface area contributed by atoms with E-state index in [1.54, 1.807) is 43.3 Å². The quantitative estimate of drug-likeness (QED) is 0.630. The molecule has 6 nitrogen and oxygen atoms in total. The molecule has 0 aliphatic rings. The summed E-state index contributed by atoms with van der Waals surface area (Å²) in [7, 11) is 0. The summed E-state index contributed by atoms with van der Waals surface area (Å²) >= 11 is 6.15. The lowest BCUT2D eigenvalue weighted by molar-refractivity contribution is 0.101. The van der Waals surface area contributed by atoms with Crippen molar-refractivity contribution in [3.63, 3.8) is 0 Å². The Labute approximate surface area is 161 Å². The maximum atomic E-state index is 12.5. The molecule has 3 aromatic rings. The molecule has 1 aromatic heterocycles. The molecule has 1 amide bonds. The molecule has 0 aliphatic heterocycles. The van der Waals surface area contributed by atoms with Crippen molar-refractivity contribution in [2.75, 3.05) is 10.6 Å². The van der Waals surface area contributed by atoms with Crippen LogP contribution in [0.1, 0.15) is 33.6 Å². The molecule has 2 aromatic carbocycles. The predicted octanol–water partition coefficient (Wildman–Crippen LogP) is 4.64. The zero-order chi connectivity index (χ0) is 19.4. The van der Waals surface area contributed by atoms with E-state index in [1.165, 1.54) is 6.92 Å². The number of ketones is 1. The Hall–Kier alpha value is -3.25. The van der Waals surface area contributed by atoms with Gasteiger partial charge in [0.1, 0.15) is 17.3 Å². The summed E-state index contributed by atoms with van der Waals surface area (Å²) in [4.78, 5) is 32.3. The fourth-order valence-corrected chi connectivity index (χ4v) is 2.61. The minimum atomic E-state index is -0.377. The Morgan fingerprint density at radius 3 is 2.37 bits per heavy atom. The minimum absolute atomic E-state index is 0.0328. The number of nitrogens with zero attached hydrogens (tertiary/aromatic N) is 2. The van der Waals surface area contributed by atoms with Gasteiger partial charge < -0.3 is 10.6 Å². The zero-order valence-corrected chi connectivity index (χ0v) is 15.5. The number of halogens is 1. The fraction of sp³-hybridized carbons (Fsp3) is 0.100. The maximum absolute atomic E-state index is 12.5. The molecule has 27 heavy (non-hydrogen) atoms. The van der Waals surface area contributed by atoms with Gasteiger partial charge in [0.25, 0.3) is 5.91 Å². The lowest BCUT2D eigenvalue weighted by Gasteiger charge is -2.10. The molecule has 1 heterocycles. The Bertz CT molecular complexity index is 1000.